The zero-order chi connectivity index (χ0) is 13.9. The molecular formula is C15H18FN3O. The van der Waals surface area contributed by atoms with Crippen molar-refractivity contribution in [1.29, 1.82) is 0 Å². The molecule has 0 aliphatic carbocycles. The largest absolute Gasteiger partial charge is 0.334 e. The van der Waals surface area contributed by atoms with Gasteiger partial charge in [0.2, 0.25) is 0 Å². The van der Waals surface area contributed by atoms with E-state index in [9.17, 15) is 4.39 Å². The van der Waals surface area contributed by atoms with Gasteiger partial charge in [-0.25, -0.2) is 4.39 Å². The summed E-state index contributed by atoms with van der Waals surface area (Å²) in [5.74, 6) is 1.40. The minimum Gasteiger partial charge on any atom is -0.334 e. The molecule has 4 nitrogen and oxygen atoms in total. The molecule has 1 atom stereocenters. The molecule has 1 aliphatic rings. The maximum Gasteiger partial charge on any atom is 0.258 e. The van der Waals surface area contributed by atoms with E-state index < -0.39 is 0 Å². The van der Waals surface area contributed by atoms with Gasteiger partial charge in [-0.1, -0.05) is 11.2 Å². The van der Waals surface area contributed by atoms with E-state index in [-0.39, 0.29) is 5.82 Å². The fourth-order valence-electron chi connectivity index (χ4n) is 2.54. The second kappa shape index (κ2) is 5.71. The Bertz CT molecular complexity index is 591. The normalized spacial score (nSPS) is 19.2. The summed E-state index contributed by atoms with van der Waals surface area (Å²) < 4.78 is 18.8. The van der Waals surface area contributed by atoms with Crippen molar-refractivity contribution in [1.82, 2.24) is 15.5 Å². The van der Waals surface area contributed by atoms with Crippen molar-refractivity contribution in [3.8, 4) is 11.5 Å². The molecule has 0 radical (unpaired) electrons. The number of nitrogens with one attached hydrogen (secondary N) is 1. The summed E-state index contributed by atoms with van der Waals surface area (Å²) in [6.45, 7) is 3.83. The van der Waals surface area contributed by atoms with E-state index in [1.54, 1.807) is 19.1 Å². The van der Waals surface area contributed by atoms with Crippen molar-refractivity contribution in [2.24, 2.45) is 5.92 Å². The smallest absolute Gasteiger partial charge is 0.258 e. The van der Waals surface area contributed by atoms with Crippen molar-refractivity contribution in [3.05, 3.63) is 35.4 Å². The highest BCUT2D eigenvalue weighted by molar-refractivity contribution is 5.53. The first-order valence-electron chi connectivity index (χ1n) is 7.02. The molecule has 0 bridgehead atoms. The number of benzene rings is 1. The Labute approximate surface area is 117 Å². The third-order valence-corrected chi connectivity index (χ3v) is 3.76. The molecule has 106 valence electrons. The summed E-state index contributed by atoms with van der Waals surface area (Å²) in [4.78, 5) is 4.37. The highest BCUT2D eigenvalue weighted by Crippen LogP contribution is 2.21. The molecule has 1 fully saturated rings. The van der Waals surface area contributed by atoms with Crippen molar-refractivity contribution >= 4 is 0 Å². The minimum absolute atomic E-state index is 0.251. The molecule has 3 rings (SSSR count). The second-order valence-electron chi connectivity index (χ2n) is 5.40. The Morgan fingerprint density at radius 2 is 2.35 bits per heavy atom. The van der Waals surface area contributed by atoms with E-state index in [1.807, 2.05) is 0 Å². The molecule has 0 saturated carbocycles. The van der Waals surface area contributed by atoms with Crippen LogP contribution < -0.4 is 5.32 Å². The number of halogens is 1. The Morgan fingerprint density at radius 3 is 3.10 bits per heavy atom. The quantitative estimate of drug-likeness (QED) is 0.935. The third kappa shape index (κ3) is 2.88. The SMILES string of the molecule is Cc1ccc(-c2nc(CC3CCCNC3)no2)cc1F. The van der Waals surface area contributed by atoms with E-state index in [4.69, 9.17) is 4.52 Å². The van der Waals surface area contributed by atoms with Crippen LogP contribution in [0.2, 0.25) is 0 Å². The first kappa shape index (κ1) is 13.2. The molecule has 0 amide bonds. The lowest BCUT2D eigenvalue weighted by Crippen LogP contribution is -2.31. The first-order chi connectivity index (χ1) is 9.72. The summed E-state index contributed by atoms with van der Waals surface area (Å²) in [5.41, 5.74) is 1.25. The molecule has 1 aliphatic heterocycles. The monoisotopic (exact) mass is 275 g/mol. The van der Waals surface area contributed by atoms with Gasteiger partial charge in [-0.05, 0) is 56.5 Å². The molecule has 5 heteroatoms. The molecule has 0 spiro atoms. The van der Waals surface area contributed by atoms with E-state index >= 15 is 0 Å². The van der Waals surface area contributed by atoms with E-state index in [1.165, 1.54) is 18.9 Å². The van der Waals surface area contributed by atoms with Crippen molar-refractivity contribution in [2.45, 2.75) is 26.2 Å². The van der Waals surface area contributed by atoms with Crippen LogP contribution >= 0.6 is 0 Å². The predicted octanol–water partition coefficient (Wildman–Crippen LogP) is 2.73. The Kier molecular flexibility index (Phi) is 3.78. The lowest BCUT2D eigenvalue weighted by molar-refractivity contribution is 0.360. The molecule has 1 N–H and O–H groups in total. The van der Waals surface area contributed by atoms with Crippen LogP contribution in [0, 0.1) is 18.7 Å². The van der Waals surface area contributed by atoms with Gasteiger partial charge in [0.25, 0.3) is 5.89 Å². The summed E-state index contributed by atoms with van der Waals surface area (Å²) >= 11 is 0. The fraction of sp³-hybridized carbons (Fsp3) is 0.467. The summed E-state index contributed by atoms with van der Waals surface area (Å²) in [7, 11) is 0. The Morgan fingerprint density at radius 1 is 1.45 bits per heavy atom. The predicted molar refractivity (Wildman–Crippen MR) is 73.7 cm³/mol. The molecule has 2 heterocycles. The van der Waals surface area contributed by atoms with Crippen molar-refractivity contribution in [3.63, 3.8) is 0 Å². The number of rotatable bonds is 3. The van der Waals surface area contributed by atoms with Gasteiger partial charge in [0.15, 0.2) is 5.82 Å². The third-order valence-electron chi connectivity index (χ3n) is 3.76. The molecule has 1 aromatic carbocycles. The maximum atomic E-state index is 13.5. The Balaban J connectivity index is 1.73. The zero-order valence-electron chi connectivity index (χ0n) is 11.5. The van der Waals surface area contributed by atoms with Crippen LogP contribution in [0.1, 0.15) is 24.2 Å². The molecule has 1 unspecified atom stereocenters. The summed E-state index contributed by atoms with van der Waals surface area (Å²) in [6.07, 6.45) is 3.19. The average molecular weight is 275 g/mol. The number of hydrogen-bond donors (Lipinski definition) is 1. The number of aromatic nitrogens is 2. The lowest BCUT2D eigenvalue weighted by atomic mass is 9.96. The lowest BCUT2D eigenvalue weighted by Gasteiger charge is -2.20. The van der Waals surface area contributed by atoms with Crippen LogP contribution in [0.3, 0.4) is 0 Å². The van der Waals surface area contributed by atoms with Gasteiger partial charge in [0.1, 0.15) is 5.82 Å². The van der Waals surface area contributed by atoms with Crippen LogP contribution in [0.25, 0.3) is 11.5 Å². The topological polar surface area (TPSA) is 51.0 Å². The highest BCUT2D eigenvalue weighted by Gasteiger charge is 2.17. The van der Waals surface area contributed by atoms with Gasteiger partial charge in [0.05, 0.1) is 0 Å². The average Bonchev–Trinajstić information content (AvgIpc) is 2.91. The number of piperidine rings is 1. The van der Waals surface area contributed by atoms with E-state index in [0.717, 1.165) is 19.5 Å². The standard InChI is InChI=1S/C15H18FN3O/c1-10-4-5-12(8-13(10)16)15-18-14(19-20-15)7-11-3-2-6-17-9-11/h4-5,8,11,17H,2-3,6-7,9H2,1H3. The number of aryl methyl sites for hydroxylation is 1. The van der Waals surface area contributed by atoms with Gasteiger partial charge in [0, 0.05) is 12.0 Å². The molecule has 2 aromatic rings. The van der Waals surface area contributed by atoms with Crippen LogP contribution in [0.4, 0.5) is 4.39 Å². The minimum atomic E-state index is -0.251. The molecule has 1 aromatic heterocycles. The van der Waals surface area contributed by atoms with Crippen LogP contribution in [-0.4, -0.2) is 23.2 Å². The van der Waals surface area contributed by atoms with Gasteiger partial charge in [-0.3, -0.25) is 0 Å². The number of hydrogen-bond acceptors (Lipinski definition) is 4. The fourth-order valence-corrected chi connectivity index (χ4v) is 2.54. The summed E-state index contributed by atoms with van der Waals surface area (Å²) in [5, 5.41) is 7.37. The zero-order valence-corrected chi connectivity index (χ0v) is 11.5. The van der Waals surface area contributed by atoms with Crippen LogP contribution in [0.5, 0.6) is 0 Å². The summed E-state index contributed by atoms with van der Waals surface area (Å²) in [6, 6.07) is 4.96. The van der Waals surface area contributed by atoms with Gasteiger partial charge >= 0.3 is 0 Å². The molecular weight excluding hydrogens is 257 g/mol. The maximum absolute atomic E-state index is 13.5. The van der Waals surface area contributed by atoms with Crippen LogP contribution in [-0.2, 0) is 6.42 Å². The van der Waals surface area contributed by atoms with E-state index in [2.05, 4.69) is 15.5 Å². The van der Waals surface area contributed by atoms with Crippen LogP contribution in [0.15, 0.2) is 22.7 Å². The van der Waals surface area contributed by atoms with Crippen molar-refractivity contribution < 1.29 is 8.91 Å². The Hall–Kier alpha value is -1.75. The second-order valence-corrected chi connectivity index (χ2v) is 5.40. The van der Waals surface area contributed by atoms with Gasteiger partial charge in [-0.15, -0.1) is 0 Å². The van der Waals surface area contributed by atoms with Crippen molar-refractivity contribution in [2.75, 3.05) is 13.1 Å². The van der Waals surface area contributed by atoms with Gasteiger partial charge in [-0.2, -0.15) is 4.98 Å². The molecule has 20 heavy (non-hydrogen) atoms. The van der Waals surface area contributed by atoms with Gasteiger partial charge < -0.3 is 9.84 Å². The van der Waals surface area contributed by atoms with E-state index in [0.29, 0.717) is 28.8 Å². The molecule has 1 saturated heterocycles. The number of nitrogens with zero attached hydrogens (tertiary/aromatic N) is 2. The first-order valence-corrected chi connectivity index (χ1v) is 7.02. The highest BCUT2D eigenvalue weighted by atomic mass is 19.1.